The van der Waals surface area contributed by atoms with Crippen molar-refractivity contribution in [3.8, 4) is 0 Å². The van der Waals surface area contributed by atoms with Crippen molar-refractivity contribution in [2.24, 2.45) is 17.1 Å². The van der Waals surface area contributed by atoms with Gasteiger partial charge in [-0.15, -0.1) is 12.4 Å². The van der Waals surface area contributed by atoms with Gasteiger partial charge in [-0.3, -0.25) is 4.79 Å². The molecule has 3 nitrogen and oxygen atoms in total. The Morgan fingerprint density at radius 1 is 1.33 bits per heavy atom. The van der Waals surface area contributed by atoms with Gasteiger partial charge in [-0.05, 0) is 30.6 Å². The summed E-state index contributed by atoms with van der Waals surface area (Å²) >= 11 is 0. The Bertz CT molecular complexity index is 269. The first-order chi connectivity index (χ1) is 7.87. The minimum absolute atomic E-state index is 0. The maximum absolute atomic E-state index is 12.3. The van der Waals surface area contributed by atoms with Crippen molar-refractivity contribution in [1.82, 2.24) is 4.90 Å². The van der Waals surface area contributed by atoms with E-state index in [-0.39, 0.29) is 30.3 Å². The zero-order valence-electron chi connectivity index (χ0n) is 12.2. The minimum Gasteiger partial charge on any atom is -0.341 e. The third-order valence-electron chi connectivity index (χ3n) is 4.19. The van der Waals surface area contributed by atoms with Crippen molar-refractivity contribution in [1.29, 1.82) is 0 Å². The zero-order chi connectivity index (χ0) is 13.1. The van der Waals surface area contributed by atoms with E-state index in [1.165, 1.54) is 6.42 Å². The summed E-state index contributed by atoms with van der Waals surface area (Å²) in [5.74, 6) is 0.427. The maximum atomic E-state index is 12.3. The molecule has 0 aromatic heterocycles. The van der Waals surface area contributed by atoms with Crippen LogP contribution in [0.3, 0.4) is 0 Å². The van der Waals surface area contributed by atoms with Gasteiger partial charge < -0.3 is 10.6 Å². The van der Waals surface area contributed by atoms with Gasteiger partial charge in [0.25, 0.3) is 0 Å². The minimum atomic E-state index is -0.318. The van der Waals surface area contributed by atoms with Crippen LogP contribution in [0.2, 0.25) is 0 Å². The molecule has 0 aromatic carbocycles. The van der Waals surface area contributed by atoms with E-state index in [9.17, 15) is 4.79 Å². The highest BCUT2D eigenvalue weighted by molar-refractivity contribution is 5.85. The molecule has 2 N–H and O–H groups in total. The van der Waals surface area contributed by atoms with Gasteiger partial charge in [0.05, 0.1) is 6.04 Å². The number of nitrogens with zero attached hydrogens (tertiary/aromatic N) is 1. The van der Waals surface area contributed by atoms with Gasteiger partial charge in [0.1, 0.15) is 0 Å². The van der Waals surface area contributed by atoms with Crippen LogP contribution in [0.15, 0.2) is 0 Å². The predicted octanol–water partition coefficient (Wildman–Crippen LogP) is 2.82. The molecule has 1 amide bonds. The van der Waals surface area contributed by atoms with Crippen LogP contribution < -0.4 is 5.73 Å². The molecule has 4 heteroatoms. The van der Waals surface area contributed by atoms with Crippen molar-refractivity contribution < 1.29 is 4.79 Å². The molecule has 1 saturated heterocycles. The Hall–Kier alpha value is -0.280. The van der Waals surface area contributed by atoms with Gasteiger partial charge in [-0.2, -0.15) is 0 Å². The number of carbonyl (C=O) groups is 1. The van der Waals surface area contributed by atoms with E-state index in [4.69, 9.17) is 5.73 Å². The molecule has 18 heavy (non-hydrogen) atoms. The Balaban J connectivity index is 0.00000289. The van der Waals surface area contributed by atoms with Crippen molar-refractivity contribution in [2.45, 2.75) is 59.4 Å². The summed E-state index contributed by atoms with van der Waals surface area (Å²) in [6.07, 6.45) is 4.36. The molecule has 1 aliphatic rings. The second-order valence-corrected chi connectivity index (χ2v) is 6.25. The van der Waals surface area contributed by atoms with E-state index in [1.807, 2.05) is 4.90 Å². The molecule has 1 rings (SSSR count). The van der Waals surface area contributed by atoms with E-state index in [2.05, 4.69) is 27.7 Å². The fourth-order valence-electron chi connectivity index (χ4n) is 2.35. The molecular weight excluding hydrogens is 248 g/mol. The molecular formula is C14H29ClN2O. The number of carbonyl (C=O) groups excluding carboxylic acids is 1. The highest BCUT2D eigenvalue weighted by atomic mass is 35.5. The topological polar surface area (TPSA) is 46.3 Å². The van der Waals surface area contributed by atoms with Crippen molar-refractivity contribution in [3.63, 3.8) is 0 Å². The number of hydrogen-bond donors (Lipinski definition) is 1. The van der Waals surface area contributed by atoms with Gasteiger partial charge in [-0.1, -0.05) is 34.1 Å². The van der Waals surface area contributed by atoms with Crippen molar-refractivity contribution in [3.05, 3.63) is 0 Å². The van der Waals surface area contributed by atoms with E-state index >= 15 is 0 Å². The van der Waals surface area contributed by atoms with Crippen LogP contribution in [0.25, 0.3) is 0 Å². The quantitative estimate of drug-likeness (QED) is 0.862. The normalized spacial score (nSPS) is 22.6. The standard InChI is InChI=1S/C14H28N2O.ClH/c1-5-11(2)12(15)13(17)16-9-6-7-14(3,4)8-10-16;/h11-12H,5-10,15H2,1-4H3;1H. The van der Waals surface area contributed by atoms with Crippen molar-refractivity contribution in [2.75, 3.05) is 13.1 Å². The molecule has 2 atom stereocenters. The van der Waals surface area contributed by atoms with Crippen LogP contribution in [-0.4, -0.2) is 29.9 Å². The summed E-state index contributed by atoms with van der Waals surface area (Å²) in [6.45, 7) is 10.5. The molecule has 0 bridgehead atoms. The summed E-state index contributed by atoms with van der Waals surface area (Å²) in [5, 5.41) is 0. The molecule has 1 fully saturated rings. The van der Waals surface area contributed by atoms with Crippen LogP contribution >= 0.6 is 12.4 Å². The van der Waals surface area contributed by atoms with E-state index < -0.39 is 0 Å². The van der Waals surface area contributed by atoms with Crippen LogP contribution in [0, 0.1) is 11.3 Å². The number of likely N-dealkylation sites (tertiary alicyclic amines) is 1. The lowest BCUT2D eigenvalue weighted by Gasteiger charge is -2.27. The Labute approximate surface area is 118 Å². The second kappa shape index (κ2) is 7.34. The molecule has 0 aromatic rings. The summed E-state index contributed by atoms with van der Waals surface area (Å²) in [7, 11) is 0. The van der Waals surface area contributed by atoms with Crippen LogP contribution in [-0.2, 0) is 4.79 Å². The molecule has 1 aliphatic heterocycles. The maximum Gasteiger partial charge on any atom is 0.239 e. The molecule has 0 spiro atoms. The molecule has 1 heterocycles. The van der Waals surface area contributed by atoms with Gasteiger partial charge in [0, 0.05) is 13.1 Å². The molecule has 2 unspecified atom stereocenters. The lowest BCUT2D eigenvalue weighted by molar-refractivity contribution is -0.133. The monoisotopic (exact) mass is 276 g/mol. The highest BCUT2D eigenvalue weighted by Crippen LogP contribution is 2.30. The van der Waals surface area contributed by atoms with Gasteiger partial charge in [0.2, 0.25) is 5.91 Å². The first-order valence-electron chi connectivity index (χ1n) is 6.92. The fraction of sp³-hybridized carbons (Fsp3) is 0.929. The first-order valence-corrected chi connectivity index (χ1v) is 6.92. The van der Waals surface area contributed by atoms with Crippen LogP contribution in [0.4, 0.5) is 0 Å². The third kappa shape index (κ3) is 4.77. The van der Waals surface area contributed by atoms with Gasteiger partial charge in [0.15, 0.2) is 0 Å². The predicted molar refractivity (Wildman–Crippen MR) is 78.9 cm³/mol. The summed E-state index contributed by atoms with van der Waals surface area (Å²) < 4.78 is 0. The summed E-state index contributed by atoms with van der Waals surface area (Å²) in [6, 6.07) is -0.318. The van der Waals surface area contributed by atoms with Crippen LogP contribution in [0.5, 0.6) is 0 Å². The van der Waals surface area contributed by atoms with Crippen LogP contribution in [0.1, 0.15) is 53.4 Å². The zero-order valence-corrected chi connectivity index (χ0v) is 13.1. The fourth-order valence-corrected chi connectivity index (χ4v) is 2.35. The van der Waals surface area contributed by atoms with Gasteiger partial charge in [-0.25, -0.2) is 0 Å². The summed E-state index contributed by atoms with van der Waals surface area (Å²) in [4.78, 5) is 14.2. The van der Waals surface area contributed by atoms with Crippen molar-refractivity contribution >= 4 is 18.3 Å². The average molecular weight is 277 g/mol. The number of halogens is 1. The largest absolute Gasteiger partial charge is 0.341 e. The Kier molecular flexibility index (Phi) is 7.23. The third-order valence-corrected chi connectivity index (χ3v) is 4.19. The van der Waals surface area contributed by atoms with E-state index in [0.717, 1.165) is 32.4 Å². The Morgan fingerprint density at radius 3 is 2.50 bits per heavy atom. The molecule has 0 radical (unpaired) electrons. The molecule has 0 aliphatic carbocycles. The average Bonchev–Trinajstić information content (AvgIpc) is 2.47. The number of nitrogens with two attached hydrogens (primary N) is 1. The Morgan fingerprint density at radius 2 is 1.94 bits per heavy atom. The second-order valence-electron chi connectivity index (χ2n) is 6.25. The smallest absolute Gasteiger partial charge is 0.239 e. The lowest BCUT2D eigenvalue weighted by Crippen LogP contribution is -2.47. The molecule has 0 saturated carbocycles. The molecule has 108 valence electrons. The van der Waals surface area contributed by atoms with E-state index in [0.29, 0.717) is 5.41 Å². The highest BCUT2D eigenvalue weighted by Gasteiger charge is 2.29. The first kappa shape index (κ1) is 17.7. The SMILES string of the molecule is CCC(C)C(N)C(=O)N1CCCC(C)(C)CC1.Cl. The van der Waals surface area contributed by atoms with E-state index in [1.54, 1.807) is 0 Å². The number of amides is 1. The number of rotatable bonds is 3. The lowest BCUT2D eigenvalue weighted by atomic mass is 9.85. The number of hydrogen-bond acceptors (Lipinski definition) is 2. The van der Waals surface area contributed by atoms with Gasteiger partial charge >= 0.3 is 0 Å². The summed E-state index contributed by atoms with van der Waals surface area (Å²) in [5.41, 5.74) is 6.40.